The molecule has 0 unspecified atom stereocenters. The van der Waals surface area contributed by atoms with E-state index in [0.717, 1.165) is 19.2 Å². The Morgan fingerprint density at radius 3 is 0.777 bits per heavy atom. The zero-order valence-electron chi connectivity index (χ0n) is 53.2. The SMILES string of the molecule is CC(C)[C@H](NC(=O)OCC[Si](CCC(F)(F)C(F)(F)C(F)(F)C(F)(F)C(F)(F)C(F)(F)C(F)(F)C(F)(F)F)(CCC(F)(F)C(F)(F)C(F)(F)C(F)(F)C(F)(F)C(F)(F)C(F)(F)C(F)(F)F)CCC(F)(F)C(F)(F)C(F)(F)C(F)(F)C(F)(F)C(F)(F)C(F)(F)C(F)(F)F)c1nc(C(=O)N[C@H](c2nc(C(=O)O)cs2)C(C)C)cs1. The first-order valence-electron chi connectivity index (χ1n) is 28.2. The van der Waals surface area contributed by atoms with Crippen molar-refractivity contribution in [3.05, 3.63) is 32.2 Å². The lowest BCUT2D eigenvalue weighted by molar-refractivity contribution is -0.461. The molecule has 2 rings (SSSR count). The van der Waals surface area contributed by atoms with Gasteiger partial charge in [-0.2, -0.15) is 224 Å². The van der Waals surface area contributed by atoms with Crippen molar-refractivity contribution in [2.45, 2.75) is 226 Å². The third kappa shape index (κ3) is 16.2. The Morgan fingerprint density at radius 2 is 0.554 bits per heavy atom. The van der Waals surface area contributed by atoms with E-state index in [-0.39, 0.29) is 16.3 Å². The molecule has 63 heteroatoms. The highest BCUT2D eigenvalue weighted by Gasteiger charge is 2.99. The Hall–Kier alpha value is -5.88. The Morgan fingerprint density at radius 1 is 0.339 bits per heavy atom. The van der Waals surface area contributed by atoms with E-state index in [1.807, 2.05) is 0 Å². The van der Waals surface area contributed by atoms with Gasteiger partial charge in [-0.05, 0) is 17.9 Å². The fraction of sp³-hybridized carbons (Fsp3) is 0.816. The highest BCUT2D eigenvalue weighted by atomic mass is 32.1. The summed E-state index contributed by atoms with van der Waals surface area (Å²) in [5.74, 6) is -201. The predicted octanol–water partition coefficient (Wildman–Crippen LogP) is 22.5. The highest BCUT2D eigenvalue weighted by Crippen LogP contribution is 2.69. The molecular weight excluding hydrogens is 1790 g/mol. The van der Waals surface area contributed by atoms with E-state index < -0.39 is 259 Å². The van der Waals surface area contributed by atoms with Crippen molar-refractivity contribution >= 4 is 48.7 Å². The van der Waals surface area contributed by atoms with Gasteiger partial charge in [-0.3, -0.25) is 4.79 Å². The van der Waals surface area contributed by atoms with E-state index in [1.54, 1.807) is 0 Å². The van der Waals surface area contributed by atoms with Gasteiger partial charge in [-0.25, -0.2) is 19.6 Å². The van der Waals surface area contributed by atoms with Crippen LogP contribution < -0.4 is 10.6 Å². The number of thiazole rings is 2. The molecule has 0 spiro atoms. The highest BCUT2D eigenvalue weighted by molar-refractivity contribution is 7.10. The maximum atomic E-state index is 15.7. The van der Waals surface area contributed by atoms with Crippen LogP contribution in [0.1, 0.15) is 90.0 Å². The van der Waals surface area contributed by atoms with Gasteiger partial charge < -0.3 is 20.5 Å². The van der Waals surface area contributed by atoms with Crippen LogP contribution in [0.3, 0.4) is 0 Å². The third-order valence-electron chi connectivity index (χ3n) is 16.1. The summed E-state index contributed by atoms with van der Waals surface area (Å²) in [5, 5.41) is 13.8. The summed E-state index contributed by atoms with van der Waals surface area (Å²) in [7, 11) is -7.87. The van der Waals surface area contributed by atoms with Gasteiger partial charge in [0, 0.05) is 30.0 Å². The van der Waals surface area contributed by atoms with Crippen LogP contribution in [-0.4, -0.2) is 191 Å². The van der Waals surface area contributed by atoms with Crippen molar-refractivity contribution in [2.75, 3.05) is 6.61 Å². The molecule has 0 saturated carbocycles. The van der Waals surface area contributed by atoms with Crippen LogP contribution >= 0.6 is 22.7 Å². The normalized spacial score (nSPS) is 16.3. The molecule has 0 saturated heterocycles. The summed E-state index contributed by atoms with van der Waals surface area (Å²) >= 11 is 0.790. The van der Waals surface area contributed by atoms with Crippen LogP contribution in [0.2, 0.25) is 24.2 Å². The lowest BCUT2D eigenvalue weighted by Gasteiger charge is -2.44. The van der Waals surface area contributed by atoms with Gasteiger partial charge in [0.2, 0.25) is 0 Å². The average Bonchev–Trinajstić information content (AvgIpc) is 0.705. The van der Waals surface area contributed by atoms with E-state index in [4.69, 9.17) is 0 Å². The number of carbonyl (C=O) groups excluding carboxylic acids is 2. The average molecular weight is 1820 g/mol. The van der Waals surface area contributed by atoms with E-state index >= 15 is 52.7 Å². The number of aromatic nitrogens is 2. The standard InChI is InChI=1S/C49H37F51N4O5S2Si/c1-15(2)19(22-102-18(14-111-22)24(106)107)103-21(105)17-13-110-23(101-17)20(16(3)4)104-25(108)109-8-12-112(9-5-26(50,51)29(56,57)32(62,63)35(68,69)38(74,75)41(80,81)44(86,87)47(92,93)94,10-6-27(52,53)30(58,59)33(64,65)36(70,71)39(76,77)42(82,83)45(88,89)48(95,96)97)11-7-28(54,55)31(60,61)34(66,67)37(72,73)40(78,79)43(84,85)46(90,91)49(98,99)100/h13-16,19-20H,5-12H2,1-4H3,(H,103,105)(H,104,108)(H,106,107)/t19-,20-/m0/s1. The van der Waals surface area contributed by atoms with Gasteiger partial charge in [0.1, 0.15) is 15.7 Å². The van der Waals surface area contributed by atoms with Gasteiger partial charge in [0.15, 0.2) is 5.69 Å². The van der Waals surface area contributed by atoms with Crippen LogP contribution in [0.15, 0.2) is 10.8 Å². The van der Waals surface area contributed by atoms with Crippen molar-refractivity contribution in [3.8, 4) is 0 Å². The smallest absolute Gasteiger partial charge is 0.460 e. The zero-order valence-corrected chi connectivity index (χ0v) is 55.8. The number of carbonyl (C=O) groups is 3. The molecule has 3 N–H and O–H groups in total. The maximum absolute atomic E-state index is 15.7. The van der Waals surface area contributed by atoms with Crippen molar-refractivity contribution < 1.29 is 248 Å². The van der Waals surface area contributed by atoms with Crippen LogP contribution in [0.25, 0.3) is 0 Å². The predicted molar refractivity (Wildman–Crippen MR) is 269 cm³/mol. The number of carboxylic acid groups (broad SMARTS) is 1. The number of halogens is 51. The molecule has 9 nitrogen and oxygen atoms in total. The van der Waals surface area contributed by atoms with Crippen LogP contribution in [0.5, 0.6) is 0 Å². The number of amides is 2. The molecular formula is C49H37F51N4O5S2Si. The first-order chi connectivity index (χ1) is 48.7. The van der Waals surface area contributed by atoms with Gasteiger partial charge in [0.05, 0.1) is 26.8 Å². The summed E-state index contributed by atoms with van der Waals surface area (Å²) < 4.78 is 734. The number of nitrogens with one attached hydrogen (secondary N) is 2. The summed E-state index contributed by atoms with van der Waals surface area (Å²) in [4.78, 5) is 45.4. The summed E-state index contributed by atoms with van der Waals surface area (Å²) in [5.41, 5.74) is -1.41. The largest absolute Gasteiger partial charge is 0.476 e. The zero-order chi connectivity index (χ0) is 89.9. The minimum absolute atomic E-state index is 0.151. The number of hydrogen-bond acceptors (Lipinski definition) is 8. The molecule has 656 valence electrons. The Bertz CT molecular complexity index is 3370. The van der Waals surface area contributed by atoms with Crippen molar-refractivity contribution in [3.63, 3.8) is 0 Å². The summed E-state index contributed by atoms with van der Waals surface area (Å²) in [6.45, 7) is 1.69. The topological polar surface area (TPSA) is 131 Å². The number of aromatic carboxylic acids is 1. The van der Waals surface area contributed by atoms with Gasteiger partial charge in [0.25, 0.3) is 5.91 Å². The molecule has 0 aliphatic heterocycles. The van der Waals surface area contributed by atoms with Crippen LogP contribution in [0.4, 0.5) is 229 Å². The number of carboxylic acids is 1. The molecule has 0 aliphatic carbocycles. The summed E-state index contributed by atoms with van der Waals surface area (Å²) in [6, 6.07) is -18.4. The molecule has 0 bridgehead atoms. The van der Waals surface area contributed by atoms with Crippen molar-refractivity contribution in [1.29, 1.82) is 0 Å². The monoisotopic (exact) mass is 1820 g/mol. The van der Waals surface area contributed by atoms with Crippen LogP contribution in [0, 0.1) is 11.8 Å². The first kappa shape index (κ1) is 102. The molecule has 112 heavy (non-hydrogen) atoms. The summed E-state index contributed by atoms with van der Waals surface area (Å²) in [6.07, 6.45) is -42.3. The van der Waals surface area contributed by atoms with Gasteiger partial charge in [-0.1, -0.05) is 45.8 Å². The number of ether oxygens (including phenoxy) is 1. The second-order valence-electron chi connectivity index (χ2n) is 24.3. The van der Waals surface area contributed by atoms with Crippen molar-refractivity contribution in [2.24, 2.45) is 11.8 Å². The Labute approximate surface area is 593 Å². The minimum atomic E-state index is -9.79. The van der Waals surface area contributed by atoms with Crippen LogP contribution in [-0.2, 0) is 4.74 Å². The van der Waals surface area contributed by atoms with Crippen molar-refractivity contribution in [1.82, 2.24) is 20.6 Å². The molecule has 0 aliphatic rings. The Balaban J connectivity index is 3.30. The molecule has 0 aromatic carbocycles. The molecule has 2 aromatic rings. The lowest BCUT2D eigenvalue weighted by Crippen LogP contribution is -2.74. The third-order valence-corrected chi connectivity index (χ3v) is 23.1. The fourth-order valence-corrected chi connectivity index (χ4v) is 15.5. The lowest BCUT2D eigenvalue weighted by atomic mass is 9.88. The van der Waals surface area contributed by atoms with E-state index in [0.29, 0.717) is 16.7 Å². The number of rotatable bonds is 38. The quantitative estimate of drug-likeness (QED) is 0.0451. The fourth-order valence-electron chi connectivity index (χ4n) is 8.91. The first-order valence-corrected chi connectivity index (χ1v) is 32.8. The number of nitrogens with zero attached hydrogens (tertiary/aromatic N) is 2. The number of alkyl carbamates (subject to hydrolysis) is 1. The molecule has 2 amide bonds. The van der Waals surface area contributed by atoms with E-state index in [9.17, 15) is 191 Å². The second kappa shape index (κ2) is 30.2. The number of hydrogen-bond donors (Lipinski definition) is 3. The molecule has 2 aromatic heterocycles. The maximum Gasteiger partial charge on any atom is 0.460 e. The Kier molecular flexibility index (Phi) is 27.6. The second-order valence-corrected chi connectivity index (χ2v) is 31.1. The molecule has 0 radical (unpaired) electrons. The molecule has 2 atom stereocenters. The van der Waals surface area contributed by atoms with E-state index in [2.05, 4.69) is 20.0 Å². The molecule has 2 heterocycles. The number of alkyl halides is 51. The molecule has 0 fully saturated rings. The van der Waals surface area contributed by atoms with Gasteiger partial charge >= 0.3 is 155 Å². The van der Waals surface area contributed by atoms with Gasteiger partial charge in [-0.15, -0.1) is 22.7 Å². The minimum Gasteiger partial charge on any atom is -0.476 e. The van der Waals surface area contributed by atoms with E-state index in [1.165, 1.54) is 19.2 Å².